The van der Waals surface area contributed by atoms with Gasteiger partial charge in [-0.05, 0) is 68.9 Å². The quantitative estimate of drug-likeness (QED) is 0.417. The molecular weight excluding hydrogens is 484 g/mol. The Hall–Kier alpha value is -2.90. The summed E-state index contributed by atoms with van der Waals surface area (Å²) in [6.45, 7) is 3.28. The molecule has 1 N–H and O–H groups in total. The topological polar surface area (TPSA) is 74.0 Å². The second-order valence-corrected chi connectivity index (χ2v) is 9.45. The maximum absolute atomic E-state index is 13.6. The number of halogens is 1. The molecule has 0 aliphatic carbocycles. The number of hydrogen-bond acceptors (Lipinski definition) is 5. The summed E-state index contributed by atoms with van der Waals surface area (Å²) in [6, 6.07) is 14.3. The van der Waals surface area contributed by atoms with Gasteiger partial charge in [-0.3, -0.25) is 9.59 Å². The Morgan fingerprint density at radius 2 is 1.88 bits per heavy atom. The second-order valence-electron chi connectivity index (χ2n) is 8.54. The number of aliphatic hydroxyl groups is 1. The Kier molecular flexibility index (Phi) is 6.72. The lowest BCUT2D eigenvalue weighted by molar-refractivity contribution is -0.129. The third kappa shape index (κ3) is 4.61. The van der Waals surface area contributed by atoms with Crippen LogP contribution in [0.2, 0.25) is 0 Å². The van der Waals surface area contributed by atoms with Crippen molar-refractivity contribution in [3.63, 3.8) is 0 Å². The molecule has 1 atom stereocenters. The molecule has 6 nitrogen and oxygen atoms in total. The van der Waals surface area contributed by atoms with Crippen molar-refractivity contribution in [2.24, 2.45) is 0 Å². The van der Waals surface area contributed by atoms with E-state index in [4.69, 9.17) is 4.42 Å². The van der Waals surface area contributed by atoms with E-state index in [0.717, 1.165) is 40.4 Å². The number of fused-ring (bicyclic) bond motifs is 1. The van der Waals surface area contributed by atoms with Crippen LogP contribution in [-0.4, -0.2) is 53.8 Å². The first-order valence-electron chi connectivity index (χ1n) is 11.0. The van der Waals surface area contributed by atoms with Crippen LogP contribution in [0, 0.1) is 0 Å². The van der Waals surface area contributed by atoms with Gasteiger partial charge in [-0.15, -0.1) is 0 Å². The SMILES string of the molecule is CCc1ccc(C2C(C(=O)c3cc4cc(Br)ccc4o3)=C(O)C(=O)N2CCCN(C)C)cc1. The van der Waals surface area contributed by atoms with E-state index in [2.05, 4.69) is 22.9 Å². The van der Waals surface area contributed by atoms with Gasteiger partial charge < -0.3 is 19.3 Å². The van der Waals surface area contributed by atoms with Crippen molar-refractivity contribution < 1.29 is 19.1 Å². The second kappa shape index (κ2) is 9.53. The normalized spacial score (nSPS) is 16.5. The van der Waals surface area contributed by atoms with Crippen LogP contribution in [0.4, 0.5) is 0 Å². The van der Waals surface area contributed by atoms with Crippen LogP contribution in [0.5, 0.6) is 0 Å². The van der Waals surface area contributed by atoms with E-state index in [9.17, 15) is 14.7 Å². The van der Waals surface area contributed by atoms with E-state index in [-0.39, 0.29) is 11.3 Å². The van der Waals surface area contributed by atoms with Gasteiger partial charge in [0.2, 0.25) is 5.78 Å². The number of amides is 1. The Morgan fingerprint density at radius 1 is 1.15 bits per heavy atom. The van der Waals surface area contributed by atoms with Gasteiger partial charge in [-0.2, -0.15) is 0 Å². The molecule has 1 unspecified atom stereocenters. The third-order valence-corrected chi connectivity index (χ3v) is 6.45. The first kappa shape index (κ1) is 23.3. The molecule has 172 valence electrons. The molecule has 33 heavy (non-hydrogen) atoms. The first-order valence-corrected chi connectivity index (χ1v) is 11.8. The van der Waals surface area contributed by atoms with Crippen molar-refractivity contribution in [3.8, 4) is 0 Å². The molecule has 0 radical (unpaired) electrons. The number of aliphatic hydroxyl groups excluding tert-OH is 1. The number of carbonyl (C=O) groups excluding carboxylic acids is 2. The minimum atomic E-state index is -0.669. The summed E-state index contributed by atoms with van der Waals surface area (Å²) < 4.78 is 6.67. The van der Waals surface area contributed by atoms with Crippen molar-refractivity contribution in [1.82, 2.24) is 9.80 Å². The molecule has 3 aromatic rings. The largest absolute Gasteiger partial charge is 0.503 e. The van der Waals surface area contributed by atoms with Crippen molar-refractivity contribution in [2.75, 3.05) is 27.2 Å². The molecule has 0 bridgehead atoms. The van der Waals surface area contributed by atoms with Gasteiger partial charge in [0.1, 0.15) is 5.58 Å². The molecular formula is C26H27BrN2O4. The number of aryl methyl sites for hydroxylation is 1. The average Bonchev–Trinajstić information content (AvgIpc) is 3.32. The Balaban J connectivity index is 1.74. The van der Waals surface area contributed by atoms with E-state index >= 15 is 0 Å². The number of Topliss-reactive ketones (excluding diaryl/α,β-unsaturated/α-hetero) is 1. The van der Waals surface area contributed by atoms with E-state index in [1.807, 2.05) is 55.4 Å². The summed E-state index contributed by atoms with van der Waals surface area (Å²) in [4.78, 5) is 30.3. The zero-order chi connectivity index (χ0) is 23.7. The highest BCUT2D eigenvalue weighted by atomic mass is 79.9. The summed E-state index contributed by atoms with van der Waals surface area (Å²) in [5.74, 6) is -1.41. The summed E-state index contributed by atoms with van der Waals surface area (Å²) in [5, 5.41) is 11.6. The zero-order valence-electron chi connectivity index (χ0n) is 19.0. The van der Waals surface area contributed by atoms with Crippen LogP contribution in [0.15, 0.2) is 68.8 Å². The number of ketones is 1. The molecule has 0 saturated heterocycles. The summed E-state index contributed by atoms with van der Waals surface area (Å²) in [7, 11) is 3.94. The molecule has 4 rings (SSSR count). The Morgan fingerprint density at radius 3 is 2.55 bits per heavy atom. The molecule has 1 aromatic heterocycles. The van der Waals surface area contributed by atoms with E-state index in [1.165, 1.54) is 0 Å². The van der Waals surface area contributed by atoms with Crippen LogP contribution in [0.3, 0.4) is 0 Å². The van der Waals surface area contributed by atoms with Gasteiger partial charge in [0.15, 0.2) is 11.5 Å². The Bertz CT molecular complexity index is 1230. The highest BCUT2D eigenvalue weighted by molar-refractivity contribution is 9.10. The van der Waals surface area contributed by atoms with Crippen LogP contribution < -0.4 is 0 Å². The van der Waals surface area contributed by atoms with Crippen molar-refractivity contribution in [1.29, 1.82) is 0 Å². The summed E-state index contributed by atoms with van der Waals surface area (Å²) >= 11 is 3.43. The van der Waals surface area contributed by atoms with Crippen molar-refractivity contribution >= 4 is 38.6 Å². The highest BCUT2D eigenvalue weighted by Gasteiger charge is 2.44. The first-order chi connectivity index (χ1) is 15.8. The predicted octanol–water partition coefficient (Wildman–Crippen LogP) is 5.29. The monoisotopic (exact) mass is 510 g/mol. The minimum Gasteiger partial charge on any atom is -0.503 e. The van der Waals surface area contributed by atoms with Gasteiger partial charge >= 0.3 is 0 Å². The van der Waals surface area contributed by atoms with E-state index in [0.29, 0.717) is 12.1 Å². The summed E-state index contributed by atoms with van der Waals surface area (Å²) in [5.41, 5.74) is 2.58. The fraction of sp³-hybridized carbons (Fsp3) is 0.308. The number of carbonyl (C=O) groups is 2. The smallest absolute Gasteiger partial charge is 0.290 e. The van der Waals surface area contributed by atoms with Crippen molar-refractivity contribution in [2.45, 2.75) is 25.8 Å². The number of furan rings is 1. The van der Waals surface area contributed by atoms with Crippen molar-refractivity contribution in [3.05, 3.63) is 81.2 Å². The molecule has 1 aliphatic rings. The van der Waals surface area contributed by atoms with Gasteiger partial charge in [-0.25, -0.2) is 0 Å². The standard InChI is InChI=1S/C26H27BrN2O4/c1-4-16-6-8-17(9-7-16)23-22(25(31)26(32)29(23)13-5-12-28(2)3)24(30)21-15-18-14-19(27)10-11-20(18)33-21/h6-11,14-15,23,31H,4-5,12-13H2,1-3H3. The van der Waals surface area contributed by atoms with Crippen LogP contribution in [-0.2, 0) is 11.2 Å². The lowest BCUT2D eigenvalue weighted by atomic mass is 9.94. The van der Waals surface area contributed by atoms with Gasteiger partial charge in [0.25, 0.3) is 5.91 Å². The molecule has 1 amide bonds. The number of benzene rings is 2. The van der Waals surface area contributed by atoms with Crippen LogP contribution >= 0.6 is 15.9 Å². The summed E-state index contributed by atoms with van der Waals surface area (Å²) in [6.07, 6.45) is 1.60. The lowest BCUT2D eigenvalue weighted by Gasteiger charge is -2.27. The fourth-order valence-electron chi connectivity index (χ4n) is 4.21. The molecule has 2 aromatic carbocycles. The Labute approximate surface area is 201 Å². The number of nitrogens with zero attached hydrogens (tertiary/aromatic N) is 2. The highest BCUT2D eigenvalue weighted by Crippen LogP contribution is 2.40. The zero-order valence-corrected chi connectivity index (χ0v) is 20.6. The third-order valence-electron chi connectivity index (χ3n) is 5.96. The van der Waals surface area contributed by atoms with Crippen LogP contribution in [0.1, 0.15) is 41.1 Å². The lowest BCUT2D eigenvalue weighted by Crippen LogP contribution is -2.33. The predicted molar refractivity (Wildman–Crippen MR) is 131 cm³/mol. The minimum absolute atomic E-state index is 0.0622. The molecule has 0 saturated carbocycles. The van der Waals surface area contributed by atoms with Gasteiger partial charge in [-0.1, -0.05) is 47.1 Å². The van der Waals surface area contributed by atoms with E-state index < -0.39 is 23.5 Å². The maximum atomic E-state index is 13.6. The molecule has 2 heterocycles. The van der Waals surface area contributed by atoms with Gasteiger partial charge in [0.05, 0.1) is 11.6 Å². The fourth-order valence-corrected chi connectivity index (χ4v) is 4.59. The molecule has 1 aliphatic heterocycles. The van der Waals surface area contributed by atoms with E-state index in [1.54, 1.807) is 17.0 Å². The number of rotatable bonds is 8. The number of hydrogen-bond donors (Lipinski definition) is 1. The molecule has 0 fully saturated rings. The van der Waals surface area contributed by atoms with Crippen LogP contribution in [0.25, 0.3) is 11.0 Å². The average molecular weight is 511 g/mol. The molecule has 7 heteroatoms. The molecule has 0 spiro atoms. The van der Waals surface area contributed by atoms with Gasteiger partial charge in [0, 0.05) is 16.4 Å². The maximum Gasteiger partial charge on any atom is 0.290 e.